The molecule has 0 saturated carbocycles. The number of aliphatic hydroxyl groups is 1. The van der Waals surface area contributed by atoms with Crippen LogP contribution >= 0.6 is 0 Å². The van der Waals surface area contributed by atoms with E-state index in [9.17, 15) is 0 Å². The fraction of sp³-hybridized carbons (Fsp3) is 0.167. The molecule has 0 aliphatic rings. The molecule has 1 rings (SSSR count). The van der Waals surface area contributed by atoms with E-state index in [2.05, 4.69) is 4.98 Å². The second-order valence-corrected chi connectivity index (χ2v) is 1.52. The van der Waals surface area contributed by atoms with E-state index in [-0.39, 0.29) is 39.3 Å². The molecule has 0 aliphatic carbocycles. The molecule has 2 nitrogen and oxygen atoms in total. The molecular formula is C6H7NOY. The van der Waals surface area contributed by atoms with Gasteiger partial charge in [0, 0.05) is 45.1 Å². The number of aromatic nitrogens is 1. The molecular weight excluding hydrogens is 191 g/mol. The summed E-state index contributed by atoms with van der Waals surface area (Å²) in [5, 5.41) is 8.50. The van der Waals surface area contributed by atoms with Crippen LogP contribution in [0.4, 0.5) is 0 Å². The average molecular weight is 198 g/mol. The first-order valence-corrected chi connectivity index (χ1v) is 2.43. The summed E-state index contributed by atoms with van der Waals surface area (Å²) in [5.41, 5.74) is 0.854. The molecule has 1 N–H and O–H groups in total. The van der Waals surface area contributed by atoms with Crippen molar-refractivity contribution < 1.29 is 37.8 Å². The van der Waals surface area contributed by atoms with Gasteiger partial charge in [-0.15, -0.1) is 0 Å². The van der Waals surface area contributed by atoms with Gasteiger partial charge < -0.3 is 5.11 Å². The zero-order valence-corrected chi connectivity index (χ0v) is 7.83. The molecule has 0 saturated heterocycles. The minimum atomic E-state index is 0. The first-order valence-electron chi connectivity index (χ1n) is 2.43. The zero-order valence-electron chi connectivity index (χ0n) is 4.99. The first-order chi connectivity index (χ1) is 3.93. The number of aliphatic hydroxyl groups excluding tert-OH is 1. The van der Waals surface area contributed by atoms with E-state index < -0.39 is 0 Å². The van der Waals surface area contributed by atoms with Crippen molar-refractivity contribution in [3.05, 3.63) is 30.1 Å². The minimum Gasteiger partial charge on any atom is -0.392 e. The Hall–Kier alpha value is 0.214. The standard InChI is InChI=1S/C6H7NO.Y/c8-5-6-2-1-3-7-4-6;/h1-4,8H,5H2;. The molecule has 0 atom stereocenters. The number of hydrogen-bond acceptors (Lipinski definition) is 2. The summed E-state index contributed by atoms with van der Waals surface area (Å²) in [5.74, 6) is 0. The molecule has 1 heterocycles. The molecule has 45 valence electrons. The van der Waals surface area contributed by atoms with Gasteiger partial charge in [0.05, 0.1) is 6.61 Å². The van der Waals surface area contributed by atoms with E-state index in [0.717, 1.165) is 5.56 Å². The Morgan fingerprint density at radius 3 is 2.67 bits per heavy atom. The third-order valence-corrected chi connectivity index (χ3v) is 0.905. The molecule has 0 fully saturated rings. The Kier molecular flexibility index (Phi) is 5.15. The number of rotatable bonds is 1. The Morgan fingerprint density at radius 2 is 2.33 bits per heavy atom. The van der Waals surface area contributed by atoms with Crippen LogP contribution in [0.15, 0.2) is 24.5 Å². The van der Waals surface area contributed by atoms with Crippen LogP contribution in [0.25, 0.3) is 0 Å². The van der Waals surface area contributed by atoms with Gasteiger partial charge in [0.2, 0.25) is 0 Å². The summed E-state index contributed by atoms with van der Waals surface area (Å²) < 4.78 is 0. The molecule has 0 aromatic carbocycles. The molecule has 3 heteroatoms. The molecule has 0 amide bonds. The van der Waals surface area contributed by atoms with Crippen molar-refractivity contribution in [2.24, 2.45) is 0 Å². The summed E-state index contributed by atoms with van der Waals surface area (Å²) in [4.78, 5) is 3.80. The fourth-order valence-electron chi connectivity index (χ4n) is 0.492. The Balaban J connectivity index is 0.000000640. The summed E-state index contributed by atoms with van der Waals surface area (Å²) in [7, 11) is 0. The van der Waals surface area contributed by atoms with Crippen molar-refractivity contribution >= 4 is 0 Å². The largest absolute Gasteiger partial charge is 0.392 e. The van der Waals surface area contributed by atoms with Crippen molar-refractivity contribution in [3.63, 3.8) is 0 Å². The maximum atomic E-state index is 8.50. The summed E-state index contributed by atoms with van der Waals surface area (Å²) in [6.07, 6.45) is 3.32. The summed E-state index contributed by atoms with van der Waals surface area (Å²) >= 11 is 0. The van der Waals surface area contributed by atoms with Gasteiger partial charge >= 0.3 is 0 Å². The predicted molar refractivity (Wildman–Crippen MR) is 30.2 cm³/mol. The first kappa shape index (κ1) is 9.21. The van der Waals surface area contributed by atoms with Crippen LogP contribution in [-0.2, 0) is 39.3 Å². The van der Waals surface area contributed by atoms with E-state index in [1.165, 1.54) is 0 Å². The van der Waals surface area contributed by atoms with Crippen LogP contribution in [0, 0.1) is 0 Å². The van der Waals surface area contributed by atoms with Crippen LogP contribution in [-0.4, -0.2) is 10.1 Å². The number of pyridine rings is 1. The van der Waals surface area contributed by atoms with Crippen molar-refractivity contribution in [1.29, 1.82) is 0 Å². The Labute approximate surface area is 79.2 Å². The van der Waals surface area contributed by atoms with Gasteiger partial charge in [-0.25, -0.2) is 0 Å². The van der Waals surface area contributed by atoms with Gasteiger partial charge in [-0.2, -0.15) is 0 Å². The smallest absolute Gasteiger partial charge is 0.0696 e. The normalized spacial score (nSPS) is 8.11. The monoisotopic (exact) mass is 198 g/mol. The van der Waals surface area contributed by atoms with Gasteiger partial charge in [0.1, 0.15) is 0 Å². The van der Waals surface area contributed by atoms with E-state index in [4.69, 9.17) is 5.11 Å². The van der Waals surface area contributed by atoms with Crippen LogP contribution in [0.2, 0.25) is 0 Å². The third kappa shape index (κ3) is 3.04. The molecule has 9 heavy (non-hydrogen) atoms. The van der Waals surface area contributed by atoms with E-state index >= 15 is 0 Å². The van der Waals surface area contributed by atoms with E-state index in [1.807, 2.05) is 6.07 Å². The van der Waals surface area contributed by atoms with Crippen LogP contribution < -0.4 is 0 Å². The van der Waals surface area contributed by atoms with Gasteiger partial charge in [0.25, 0.3) is 0 Å². The molecule has 0 unspecified atom stereocenters. The average Bonchev–Trinajstić information content (AvgIpc) is 1.90. The van der Waals surface area contributed by atoms with Crippen LogP contribution in [0.3, 0.4) is 0 Å². The molecule has 0 bridgehead atoms. The van der Waals surface area contributed by atoms with Gasteiger partial charge in [-0.1, -0.05) is 6.07 Å². The van der Waals surface area contributed by atoms with Crippen molar-refractivity contribution in [2.45, 2.75) is 6.61 Å². The van der Waals surface area contributed by atoms with Crippen molar-refractivity contribution in [3.8, 4) is 0 Å². The quantitative estimate of drug-likeness (QED) is 0.715. The Bertz CT molecular complexity index is 154. The molecule has 1 aromatic heterocycles. The topological polar surface area (TPSA) is 33.1 Å². The second-order valence-electron chi connectivity index (χ2n) is 1.52. The van der Waals surface area contributed by atoms with E-state index in [0.29, 0.717) is 0 Å². The van der Waals surface area contributed by atoms with Crippen LogP contribution in [0.1, 0.15) is 5.56 Å². The maximum Gasteiger partial charge on any atom is 0.0696 e. The number of hydrogen-bond donors (Lipinski definition) is 1. The summed E-state index contributed by atoms with van der Waals surface area (Å²) in [6.45, 7) is 0.0772. The molecule has 0 aliphatic heterocycles. The second kappa shape index (κ2) is 5.04. The van der Waals surface area contributed by atoms with Gasteiger partial charge in [-0.05, 0) is 11.6 Å². The third-order valence-electron chi connectivity index (χ3n) is 0.905. The molecule has 1 aromatic rings. The minimum absolute atomic E-state index is 0. The zero-order chi connectivity index (χ0) is 5.82. The fourth-order valence-corrected chi connectivity index (χ4v) is 0.492. The van der Waals surface area contributed by atoms with Crippen LogP contribution in [0.5, 0.6) is 0 Å². The summed E-state index contributed by atoms with van der Waals surface area (Å²) in [6, 6.07) is 3.62. The molecule has 1 radical (unpaired) electrons. The van der Waals surface area contributed by atoms with Crippen molar-refractivity contribution in [2.75, 3.05) is 0 Å². The van der Waals surface area contributed by atoms with E-state index in [1.54, 1.807) is 18.5 Å². The Morgan fingerprint density at radius 1 is 1.56 bits per heavy atom. The maximum absolute atomic E-state index is 8.50. The SMILES string of the molecule is OCc1cccnc1.[Y]. The van der Waals surface area contributed by atoms with Gasteiger partial charge in [-0.3, -0.25) is 4.98 Å². The van der Waals surface area contributed by atoms with Gasteiger partial charge in [0.15, 0.2) is 0 Å². The van der Waals surface area contributed by atoms with Crippen molar-refractivity contribution in [1.82, 2.24) is 4.98 Å². The predicted octanol–water partition coefficient (Wildman–Crippen LogP) is 0.571. The number of nitrogens with zero attached hydrogens (tertiary/aromatic N) is 1. The molecule has 0 spiro atoms.